The normalized spacial score (nSPS) is 13.3. The van der Waals surface area contributed by atoms with E-state index in [1.165, 1.54) is 6.07 Å². The molecule has 1 heterocycles. The van der Waals surface area contributed by atoms with E-state index in [9.17, 15) is 13.2 Å². The van der Waals surface area contributed by atoms with Crippen LogP contribution in [0.1, 0.15) is 29.8 Å². The SMILES string of the molecule is Cc1ccc(C(F)(F)F)cc1NC(C)c1ccnn1C. The van der Waals surface area contributed by atoms with Crippen molar-refractivity contribution in [1.82, 2.24) is 9.78 Å². The highest BCUT2D eigenvalue weighted by molar-refractivity contribution is 5.54. The third-order valence-electron chi connectivity index (χ3n) is 3.24. The molecule has 0 amide bonds. The van der Waals surface area contributed by atoms with Crippen molar-refractivity contribution in [1.29, 1.82) is 0 Å². The van der Waals surface area contributed by atoms with Crippen molar-refractivity contribution in [2.75, 3.05) is 5.32 Å². The van der Waals surface area contributed by atoms with Crippen molar-refractivity contribution in [3.05, 3.63) is 47.3 Å². The van der Waals surface area contributed by atoms with Crippen molar-refractivity contribution < 1.29 is 13.2 Å². The van der Waals surface area contributed by atoms with Crippen LogP contribution in [0.5, 0.6) is 0 Å². The van der Waals surface area contributed by atoms with E-state index in [0.29, 0.717) is 5.69 Å². The maximum Gasteiger partial charge on any atom is 0.416 e. The Morgan fingerprint density at radius 3 is 2.50 bits per heavy atom. The molecule has 0 spiro atoms. The lowest BCUT2D eigenvalue weighted by molar-refractivity contribution is -0.137. The molecule has 3 nitrogen and oxygen atoms in total. The highest BCUT2D eigenvalue weighted by Crippen LogP contribution is 2.33. The zero-order valence-electron chi connectivity index (χ0n) is 11.5. The average Bonchev–Trinajstić information content (AvgIpc) is 2.77. The summed E-state index contributed by atoms with van der Waals surface area (Å²) in [7, 11) is 1.80. The largest absolute Gasteiger partial charge is 0.416 e. The molecule has 0 saturated heterocycles. The highest BCUT2D eigenvalue weighted by atomic mass is 19.4. The Morgan fingerprint density at radius 1 is 1.25 bits per heavy atom. The fourth-order valence-electron chi connectivity index (χ4n) is 2.07. The lowest BCUT2D eigenvalue weighted by Crippen LogP contribution is -2.13. The van der Waals surface area contributed by atoms with Crippen LogP contribution >= 0.6 is 0 Å². The van der Waals surface area contributed by atoms with Crippen LogP contribution in [0, 0.1) is 6.92 Å². The maximum atomic E-state index is 12.7. The van der Waals surface area contributed by atoms with Gasteiger partial charge >= 0.3 is 6.18 Å². The van der Waals surface area contributed by atoms with Gasteiger partial charge in [0.25, 0.3) is 0 Å². The van der Waals surface area contributed by atoms with E-state index < -0.39 is 11.7 Å². The van der Waals surface area contributed by atoms with E-state index in [2.05, 4.69) is 10.4 Å². The van der Waals surface area contributed by atoms with Crippen LogP contribution < -0.4 is 5.32 Å². The standard InChI is InChI=1S/C14H16F3N3/c1-9-4-5-11(14(15,16)17)8-12(9)19-10(2)13-6-7-18-20(13)3/h4-8,10,19H,1-3H3. The molecule has 2 rings (SSSR count). The smallest absolute Gasteiger partial charge is 0.377 e. The van der Waals surface area contributed by atoms with Crippen molar-refractivity contribution in [2.45, 2.75) is 26.1 Å². The molecule has 0 radical (unpaired) electrons. The Morgan fingerprint density at radius 2 is 1.95 bits per heavy atom. The third kappa shape index (κ3) is 2.95. The molecular weight excluding hydrogens is 267 g/mol. The molecule has 0 aliphatic heterocycles. The van der Waals surface area contributed by atoms with Gasteiger partial charge in [0.1, 0.15) is 0 Å². The van der Waals surface area contributed by atoms with Gasteiger partial charge in [-0.15, -0.1) is 0 Å². The fraction of sp³-hybridized carbons (Fsp3) is 0.357. The zero-order chi connectivity index (χ0) is 14.9. The van der Waals surface area contributed by atoms with Crippen molar-refractivity contribution >= 4 is 5.69 Å². The highest BCUT2D eigenvalue weighted by Gasteiger charge is 2.30. The van der Waals surface area contributed by atoms with Crippen LogP contribution in [-0.2, 0) is 13.2 Å². The molecule has 2 aromatic rings. The monoisotopic (exact) mass is 283 g/mol. The van der Waals surface area contributed by atoms with Crippen LogP contribution in [0.3, 0.4) is 0 Å². The van der Waals surface area contributed by atoms with Gasteiger partial charge in [0.05, 0.1) is 17.3 Å². The molecule has 1 N–H and O–H groups in total. The van der Waals surface area contributed by atoms with Gasteiger partial charge in [0.2, 0.25) is 0 Å². The van der Waals surface area contributed by atoms with Gasteiger partial charge in [-0.25, -0.2) is 0 Å². The van der Waals surface area contributed by atoms with Gasteiger partial charge in [0.15, 0.2) is 0 Å². The molecule has 0 bridgehead atoms. The number of halogens is 3. The fourth-order valence-corrected chi connectivity index (χ4v) is 2.07. The molecule has 6 heteroatoms. The number of benzene rings is 1. The summed E-state index contributed by atoms with van der Waals surface area (Å²) in [6.07, 6.45) is -2.67. The summed E-state index contributed by atoms with van der Waals surface area (Å²) >= 11 is 0. The van der Waals surface area contributed by atoms with Crippen LogP contribution in [0.2, 0.25) is 0 Å². The summed E-state index contributed by atoms with van der Waals surface area (Å²) in [5.41, 5.74) is 1.50. The van der Waals surface area contributed by atoms with Crippen LogP contribution in [0.15, 0.2) is 30.5 Å². The summed E-state index contributed by atoms with van der Waals surface area (Å²) in [5.74, 6) is 0. The molecule has 108 valence electrons. The first-order chi connectivity index (χ1) is 9.29. The number of anilines is 1. The minimum atomic E-state index is -4.33. The lowest BCUT2D eigenvalue weighted by atomic mass is 10.1. The van der Waals surface area contributed by atoms with Crippen LogP contribution in [-0.4, -0.2) is 9.78 Å². The quantitative estimate of drug-likeness (QED) is 0.925. The van der Waals surface area contributed by atoms with E-state index in [-0.39, 0.29) is 6.04 Å². The first-order valence-electron chi connectivity index (χ1n) is 6.21. The number of nitrogens with zero attached hydrogens (tertiary/aromatic N) is 2. The Kier molecular flexibility index (Phi) is 3.74. The Labute approximate surface area is 115 Å². The molecule has 1 atom stereocenters. The predicted octanol–water partition coefficient (Wildman–Crippen LogP) is 3.92. The van der Waals surface area contributed by atoms with E-state index in [0.717, 1.165) is 23.4 Å². The van der Waals surface area contributed by atoms with E-state index in [1.54, 1.807) is 24.9 Å². The second kappa shape index (κ2) is 5.19. The number of hydrogen-bond donors (Lipinski definition) is 1. The molecule has 0 saturated carbocycles. The number of alkyl halides is 3. The van der Waals surface area contributed by atoms with Gasteiger partial charge in [-0.3, -0.25) is 4.68 Å². The minimum absolute atomic E-state index is 0.135. The van der Waals surface area contributed by atoms with Crippen LogP contribution in [0.4, 0.5) is 18.9 Å². The number of hydrogen-bond acceptors (Lipinski definition) is 2. The molecular formula is C14H16F3N3. The number of aryl methyl sites for hydroxylation is 2. The summed E-state index contributed by atoms with van der Waals surface area (Å²) < 4.78 is 39.9. The number of aromatic nitrogens is 2. The summed E-state index contributed by atoms with van der Waals surface area (Å²) in [6, 6.07) is 5.41. The van der Waals surface area contributed by atoms with Crippen molar-refractivity contribution in [2.24, 2.45) is 7.05 Å². The molecule has 0 aliphatic rings. The predicted molar refractivity (Wildman–Crippen MR) is 71.4 cm³/mol. The third-order valence-corrected chi connectivity index (χ3v) is 3.24. The second-order valence-corrected chi connectivity index (χ2v) is 4.77. The van der Waals surface area contributed by atoms with Gasteiger partial charge in [0, 0.05) is 18.9 Å². The first-order valence-corrected chi connectivity index (χ1v) is 6.21. The van der Waals surface area contributed by atoms with Gasteiger partial charge < -0.3 is 5.32 Å². The Hall–Kier alpha value is -1.98. The van der Waals surface area contributed by atoms with Gasteiger partial charge in [-0.05, 0) is 37.6 Å². The van der Waals surface area contributed by atoms with E-state index >= 15 is 0 Å². The summed E-state index contributed by atoms with van der Waals surface area (Å²) in [4.78, 5) is 0. The Bertz CT molecular complexity index is 602. The van der Waals surface area contributed by atoms with E-state index in [1.807, 2.05) is 13.0 Å². The molecule has 0 fully saturated rings. The first kappa shape index (κ1) is 14.4. The molecule has 0 aliphatic carbocycles. The molecule has 1 aromatic heterocycles. The van der Waals surface area contributed by atoms with Crippen LogP contribution in [0.25, 0.3) is 0 Å². The average molecular weight is 283 g/mol. The van der Waals surface area contributed by atoms with Crippen molar-refractivity contribution in [3.8, 4) is 0 Å². The minimum Gasteiger partial charge on any atom is -0.377 e. The summed E-state index contributed by atoms with van der Waals surface area (Å²) in [6.45, 7) is 3.66. The van der Waals surface area contributed by atoms with Gasteiger partial charge in [-0.1, -0.05) is 6.07 Å². The lowest BCUT2D eigenvalue weighted by Gasteiger charge is -2.18. The molecule has 20 heavy (non-hydrogen) atoms. The Balaban J connectivity index is 2.27. The van der Waals surface area contributed by atoms with Crippen molar-refractivity contribution in [3.63, 3.8) is 0 Å². The number of nitrogens with one attached hydrogen (secondary N) is 1. The zero-order valence-corrected chi connectivity index (χ0v) is 11.5. The van der Waals surface area contributed by atoms with Gasteiger partial charge in [-0.2, -0.15) is 18.3 Å². The molecule has 1 unspecified atom stereocenters. The molecule has 1 aromatic carbocycles. The number of rotatable bonds is 3. The summed E-state index contributed by atoms with van der Waals surface area (Å²) in [5, 5.41) is 7.16. The van der Waals surface area contributed by atoms with E-state index in [4.69, 9.17) is 0 Å². The maximum absolute atomic E-state index is 12.7. The topological polar surface area (TPSA) is 29.9 Å². The second-order valence-electron chi connectivity index (χ2n) is 4.77.